The number of piperidine rings is 1. The number of rotatable bonds is 6. The lowest BCUT2D eigenvalue weighted by Gasteiger charge is -2.28. The Bertz CT molecular complexity index is 1490. The summed E-state index contributed by atoms with van der Waals surface area (Å²) in [6.45, 7) is 2.16. The van der Waals surface area contributed by atoms with Crippen LogP contribution in [0.2, 0.25) is 0 Å². The molecule has 10 nitrogen and oxygen atoms in total. The van der Waals surface area contributed by atoms with Gasteiger partial charge in [-0.2, -0.15) is 0 Å². The van der Waals surface area contributed by atoms with Gasteiger partial charge in [0, 0.05) is 48.2 Å². The van der Waals surface area contributed by atoms with Gasteiger partial charge in [-0.05, 0) is 57.2 Å². The van der Waals surface area contributed by atoms with Crippen LogP contribution < -0.4 is 20.8 Å². The number of hydrogen-bond donors (Lipinski definition) is 1. The van der Waals surface area contributed by atoms with E-state index in [1.165, 1.54) is 4.57 Å². The molecule has 1 aliphatic heterocycles. The lowest BCUT2D eigenvalue weighted by Crippen LogP contribution is -2.29. The Labute approximate surface area is 221 Å². The number of nitrogens with zero attached hydrogens (tertiary/aromatic N) is 6. The molecule has 1 saturated heterocycles. The van der Waals surface area contributed by atoms with E-state index in [-0.39, 0.29) is 17.1 Å². The van der Waals surface area contributed by atoms with E-state index in [0.29, 0.717) is 40.1 Å². The lowest BCUT2D eigenvalue weighted by atomic mass is 9.93. The number of likely N-dealkylation sites (tertiary alicyclic amines) is 1. The third-order valence-electron chi connectivity index (χ3n) is 6.96. The van der Waals surface area contributed by atoms with Gasteiger partial charge < -0.3 is 24.7 Å². The number of ether oxygens (including phenoxy) is 2. The summed E-state index contributed by atoms with van der Waals surface area (Å²) in [5.41, 5.74) is 10.1. The van der Waals surface area contributed by atoms with E-state index in [1.54, 1.807) is 51.9 Å². The summed E-state index contributed by atoms with van der Waals surface area (Å²) in [6, 6.07) is 9.30. The van der Waals surface area contributed by atoms with Crippen LogP contribution in [0.25, 0.3) is 33.9 Å². The van der Waals surface area contributed by atoms with Crippen molar-refractivity contribution in [2.75, 3.05) is 40.1 Å². The van der Waals surface area contributed by atoms with Gasteiger partial charge in [0.05, 0.1) is 26.1 Å². The van der Waals surface area contributed by atoms with Crippen LogP contribution in [0.5, 0.6) is 11.5 Å². The molecule has 0 bridgehead atoms. The second-order valence-electron chi connectivity index (χ2n) is 9.53. The molecule has 196 valence electrons. The van der Waals surface area contributed by atoms with Crippen LogP contribution in [-0.2, 0) is 7.05 Å². The first kappa shape index (κ1) is 25.3. The summed E-state index contributed by atoms with van der Waals surface area (Å²) in [5, 5.41) is 0. The first-order valence-electron chi connectivity index (χ1n) is 12.4. The molecule has 1 aliphatic rings. The summed E-state index contributed by atoms with van der Waals surface area (Å²) in [6.07, 6.45) is 7.28. The number of pyridine rings is 1. The Morgan fingerprint density at radius 1 is 0.868 bits per heavy atom. The molecule has 0 amide bonds. The molecule has 0 spiro atoms. The Hall–Kier alpha value is -4.31. The predicted octanol–water partition coefficient (Wildman–Crippen LogP) is 3.37. The maximum absolute atomic E-state index is 13.0. The maximum Gasteiger partial charge on any atom is 0.276 e. The topological polar surface area (TPSA) is 121 Å². The van der Waals surface area contributed by atoms with Gasteiger partial charge in [0.1, 0.15) is 28.6 Å². The summed E-state index contributed by atoms with van der Waals surface area (Å²) in [5.74, 6) is 1.78. The third-order valence-corrected chi connectivity index (χ3v) is 6.96. The van der Waals surface area contributed by atoms with Gasteiger partial charge in [0.15, 0.2) is 5.82 Å². The zero-order valence-corrected chi connectivity index (χ0v) is 22.0. The van der Waals surface area contributed by atoms with Crippen LogP contribution in [0.15, 0.2) is 53.7 Å². The molecule has 3 aromatic heterocycles. The van der Waals surface area contributed by atoms with Crippen LogP contribution in [-0.4, -0.2) is 63.8 Å². The van der Waals surface area contributed by atoms with E-state index >= 15 is 0 Å². The fraction of sp³-hybridized carbons (Fsp3) is 0.321. The smallest absolute Gasteiger partial charge is 0.276 e. The molecule has 1 fully saturated rings. The quantitative estimate of drug-likeness (QED) is 0.413. The highest BCUT2D eigenvalue weighted by molar-refractivity contribution is 5.72. The molecule has 0 aliphatic carbocycles. The van der Waals surface area contributed by atoms with E-state index in [9.17, 15) is 4.79 Å². The van der Waals surface area contributed by atoms with Crippen molar-refractivity contribution in [1.82, 2.24) is 29.4 Å². The molecular formula is C28H31N7O3. The van der Waals surface area contributed by atoms with Crippen LogP contribution in [0.4, 0.5) is 5.82 Å². The monoisotopic (exact) mass is 513 g/mol. The van der Waals surface area contributed by atoms with E-state index in [4.69, 9.17) is 25.2 Å². The Balaban J connectivity index is 1.51. The molecular weight excluding hydrogens is 482 g/mol. The second kappa shape index (κ2) is 10.6. The standard InChI is InChI=1S/C28H31N7O3/c1-34-9-7-17(8-10-34)22-6-5-18(14-30-22)23-15-31-27(29)26(32-23)24-16-35(2)28(36)25(33-24)19-11-20(37-3)13-21(12-19)38-4/h5-6,11-17H,7-10H2,1-4H3,(H2,29,31). The summed E-state index contributed by atoms with van der Waals surface area (Å²) < 4.78 is 12.2. The highest BCUT2D eigenvalue weighted by Crippen LogP contribution is 2.31. The zero-order chi connectivity index (χ0) is 26.8. The highest BCUT2D eigenvalue weighted by atomic mass is 16.5. The number of aryl methyl sites for hydroxylation is 1. The number of methoxy groups -OCH3 is 2. The van der Waals surface area contributed by atoms with Crippen molar-refractivity contribution < 1.29 is 9.47 Å². The minimum absolute atomic E-state index is 0.213. The van der Waals surface area contributed by atoms with E-state index in [2.05, 4.69) is 28.0 Å². The van der Waals surface area contributed by atoms with Crippen LogP contribution in [0.3, 0.4) is 0 Å². The SMILES string of the molecule is COc1cc(OC)cc(-c2nc(-c3nc(-c4ccc(C5CCN(C)CC5)nc4)cnc3N)cn(C)c2=O)c1. The zero-order valence-electron chi connectivity index (χ0n) is 22.0. The van der Waals surface area contributed by atoms with Crippen molar-refractivity contribution in [3.63, 3.8) is 0 Å². The molecule has 0 saturated carbocycles. The van der Waals surface area contributed by atoms with E-state index < -0.39 is 0 Å². The van der Waals surface area contributed by atoms with Gasteiger partial charge >= 0.3 is 0 Å². The number of aromatic nitrogens is 5. The first-order valence-corrected chi connectivity index (χ1v) is 12.4. The van der Waals surface area contributed by atoms with Gasteiger partial charge in [-0.1, -0.05) is 0 Å². The molecule has 1 aromatic carbocycles. The largest absolute Gasteiger partial charge is 0.497 e. The van der Waals surface area contributed by atoms with Gasteiger partial charge in [0.25, 0.3) is 5.56 Å². The molecule has 2 N–H and O–H groups in total. The van der Waals surface area contributed by atoms with Crippen molar-refractivity contribution >= 4 is 5.82 Å². The molecule has 0 atom stereocenters. The van der Waals surface area contributed by atoms with Crippen molar-refractivity contribution in [2.45, 2.75) is 18.8 Å². The normalized spacial score (nSPS) is 14.4. The van der Waals surface area contributed by atoms with Gasteiger partial charge in [0.2, 0.25) is 0 Å². The number of hydrogen-bond acceptors (Lipinski definition) is 9. The fourth-order valence-corrected chi connectivity index (χ4v) is 4.68. The molecule has 38 heavy (non-hydrogen) atoms. The second-order valence-corrected chi connectivity index (χ2v) is 9.53. The van der Waals surface area contributed by atoms with E-state index in [1.807, 2.05) is 12.3 Å². The molecule has 0 unspecified atom stereocenters. The number of anilines is 1. The summed E-state index contributed by atoms with van der Waals surface area (Å²) >= 11 is 0. The minimum atomic E-state index is -0.277. The Kier molecular flexibility index (Phi) is 7.06. The predicted molar refractivity (Wildman–Crippen MR) is 146 cm³/mol. The summed E-state index contributed by atoms with van der Waals surface area (Å²) in [4.78, 5) is 33.9. The minimum Gasteiger partial charge on any atom is -0.497 e. The third kappa shape index (κ3) is 5.08. The molecule has 4 heterocycles. The van der Waals surface area contributed by atoms with Gasteiger partial charge in [-0.3, -0.25) is 9.78 Å². The van der Waals surface area contributed by atoms with Gasteiger partial charge in [-0.15, -0.1) is 0 Å². The molecule has 4 aromatic rings. The fourth-order valence-electron chi connectivity index (χ4n) is 4.68. The summed E-state index contributed by atoms with van der Waals surface area (Å²) in [7, 11) is 6.92. The number of benzene rings is 1. The van der Waals surface area contributed by atoms with Crippen LogP contribution in [0.1, 0.15) is 24.5 Å². The average molecular weight is 514 g/mol. The first-order chi connectivity index (χ1) is 18.4. The molecule has 10 heteroatoms. The van der Waals surface area contributed by atoms with Crippen molar-refractivity contribution in [3.05, 3.63) is 65.0 Å². The van der Waals surface area contributed by atoms with Gasteiger partial charge in [-0.25, -0.2) is 15.0 Å². The van der Waals surface area contributed by atoms with Crippen LogP contribution in [0, 0.1) is 0 Å². The Morgan fingerprint density at radius 2 is 1.55 bits per heavy atom. The Morgan fingerprint density at radius 3 is 2.18 bits per heavy atom. The number of nitrogens with two attached hydrogens (primary N) is 1. The van der Waals surface area contributed by atoms with E-state index in [0.717, 1.165) is 37.2 Å². The number of nitrogen functional groups attached to an aromatic ring is 1. The molecule has 5 rings (SSSR count). The lowest BCUT2D eigenvalue weighted by molar-refractivity contribution is 0.253. The van der Waals surface area contributed by atoms with Crippen molar-refractivity contribution in [2.24, 2.45) is 7.05 Å². The highest BCUT2D eigenvalue weighted by Gasteiger charge is 2.20. The van der Waals surface area contributed by atoms with Crippen LogP contribution >= 0.6 is 0 Å². The maximum atomic E-state index is 13.0. The van der Waals surface area contributed by atoms with Crippen molar-refractivity contribution in [1.29, 1.82) is 0 Å². The molecule has 0 radical (unpaired) electrons. The van der Waals surface area contributed by atoms with Crippen molar-refractivity contribution in [3.8, 4) is 45.4 Å². The average Bonchev–Trinajstić information content (AvgIpc) is 2.95.